The minimum absolute atomic E-state index is 0.228. The van der Waals surface area contributed by atoms with Crippen molar-refractivity contribution >= 4 is 43.6 Å². The van der Waals surface area contributed by atoms with E-state index in [-0.39, 0.29) is 4.90 Å². The van der Waals surface area contributed by atoms with Gasteiger partial charge in [-0.15, -0.1) is 0 Å². The Labute approximate surface area is 176 Å². The minimum atomic E-state index is -3.73. The molecule has 0 saturated heterocycles. The van der Waals surface area contributed by atoms with Gasteiger partial charge in [0, 0.05) is 35.0 Å². The fourth-order valence-electron chi connectivity index (χ4n) is 3.06. The Morgan fingerprint density at radius 3 is 2.46 bits per heavy atom. The quantitative estimate of drug-likeness (QED) is 0.388. The molecule has 0 fully saturated rings. The molecule has 28 heavy (non-hydrogen) atoms. The number of halogens is 1. The predicted octanol–water partition coefficient (Wildman–Crippen LogP) is 4.26. The molecule has 0 aliphatic rings. The van der Waals surface area contributed by atoms with Crippen molar-refractivity contribution in [1.29, 1.82) is 0 Å². The summed E-state index contributed by atoms with van der Waals surface area (Å²) in [5.74, 6) is 0.546. The lowest BCUT2D eigenvalue weighted by atomic mass is 10.0. The number of fused-ring (bicyclic) bond motifs is 1. The summed E-state index contributed by atoms with van der Waals surface area (Å²) >= 11 is 2.02. The molecule has 0 spiro atoms. The molecule has 142 valence electrons. The van der Waals surface area contributed by atoms with Gasteiger partial charge in [-0.3, -0.25) is 0 Å². The van der Waals surface area contributed by atoms with Crippen LogP contribution in [0.1, 0.15) is 5.56 Å². The molecule has 3 aromatic heterocycles. The Balaban J connectivity index is 1.86. The van der Waals surface area contributed by atoms with E-state index in [1.807, 2.05) is 47.7 Å². The molecule has 0 unspecified atom stereocenters. The first kappa shape index (κ1) is 18.9. The zero-order chi connectivity index (χ0) is 19.9. The van der Waals surface area contributed by atoms with Gasteiger partial charge in [-0.2, -0.15) is 0 Å². The van der Waals surface area contributed by atoms with Crippen molar-refractivity contribution in [3.05, 3.63) is 70.2 Å². The molecule has 4 aromatic rings. The van der Waals surface area contributed by atoms with E-state index in [2.05, 4.69) is 9.97 Å². The summed E-state index contributed by atoms with van der Waals surface area (Å²) in [4.78, 5) is 8.97. The molecule has 0 aliphatic heterocycles. The van der Waals surface area contributed by atoms with Crippen molar-refractivity contribution < 1.29 is 13.2 Å². The molecular formula is C20H16IN3O3S. The maximum atomic E-state index is 13.1. The third kappa shape index (κ3) is 3.16. The molecule has 6 nitrogen and oxygen atoms in total. The normalized spacial score (nSPS) is 11.7. The van der Waals surface area contributed by atoms with Gasteiger partial charge in [-0.05, 0) is 59.3 Å². The van der Waals surface area contributed by atoms with E-state index in [0.29, 0.717) is 15.2 Å². The van der Waals surface area contributed by atoms with Crippen molar-refractivity contribution in [2.24, 2.45) is 0 Å². The van der Waals surface area contributed by atoms with Crippen LogP contribution >= 0.6 is 22.6 Å². The first-order chi connectivity index (χ1) is 13.4. The van der Waals surface area contributed by atoms with E-state index >= 15 is 0 Å². The fraction of sp³-hybridized carbons (Fsp3) is 0.100. The number of methoxy groups -OCH3 is 1. The topological polar surface area (TPSA) is 74.1 Å². The predicted molar refractivity (Wildman–Crippen MR) is 116 cm³/mol. The molecule has 0 amide bonds. The molecule has 0 bridgehead atoms. The van der Waals surface area contributed by atoms with Crippen LogP contribution in [-0.2, 0) is 10.0 Å². The summed E-state index contributed by atoms with van der Waals surface area (Å²) in [6, 6.07) is 14.0. The van der Waals surface area contributed by atoms with Gasteiger partial charge >= 0.3 is 0 Å². The zero-order valence-electron chi connectivity index (χ0n) is 15.1. The summed E-state index contributed by atoms with van der Waals surface area (Å²) in [5, 5.41) is 0.747. The van der Waals surface area contributed by atoms with Gasteiger partial charge in [-0.25, -0.2) is 22.4 Å². The summed E-state index contributed by atoms with van der Waals surface area (Å²) in [6.07, 6.45) is 3.41. The number of aryl methyl sites for hydroxylation is 1. The van der Waals surface area contributed by atoms with Crippen molar-refractivity contribution in [3.8, 4) is 17.0 Å². The molecule has 4 rings (SSSR count). The SMILES string of the molecule is COc1cc(C)c(-c2cnc3c(c2)cc(I)n3S(=O)(=O)c2ccccc2)cn1. The summed E-state index contributed by atoms with van der Waals surface area (Å²) in [5.41, 5.74) is 3.19. The van der Waals surface area contributed by atoms with Crippen molar-refractivity contribution in [1.82, 2.24) is 13.9 Å². The molecule has 0 atom stereocenters. The number of benzene rings is 1. The third-order valence-corrected chi connectivity index (χ3v) is 7.28. The molecule has 0 aliphatic carbocycles. The van der Waals surface area contributed by atoms with E-state index in [9.17, 15) is 8.42 Å². The number of pyridine rings is 2. The summed E-state index contributed by atoms with van der Waals surface area (Å²) in [7, 11) is -2.15. The van der Waals surface area contributed by atoms with E-state index in [1.165, 1.54) is 3.97 Å². The second-order valence-electron chi connectivity index (χ2n) is 6.23. The number of nitrogens with zero attached hydrogens (tertiary/aromatic N) is 3. The van der Waals surface area contributed by atoms with Crippen LogP contribution in [0.4, 0.5) is 0 Å². The molecule has 0 radical (unpaired) electrons. The van der Waals surface area contributed by atoms with Gasteiger partial charge in [0.2, 0.25) is 5.88 Å². The number of rotatable bonds is 4. The average molecular weight is 505 g/mol. The number of aromatic nitrogens is 3. The smallest absolute Gasteiger partial charge is 0.270 e. The first-order valence-corrected chi connectivity index (χ1v) is 10.9. The Kier molecular flexibility index (Phi) is 4.84. The Hall–Kier alpha value is -2.46. The van der Waals surface area contributed by atoms with E-state index in [0.717, 1.165) is 22.1 Å². The largest absolute Gasteiger partial charge is 0.481 e. The minimum Gasteiger partial charge on any atom is -0.481 e. The maximum absolute atomic E-state index is 13.1. The van der Waals surface area contributed by atoms with E-state index in [1.54, 1.807) is 49.8 Å². The molecule has 0 N–H and O–H groups in total. The standard InChI is InChI=1S/C20H16IN3O3S/c1-13-8-19(27-2)22-12-17(13)15-9-14-10-18(21)24(20(14)23-11-15)28(25,26)16-6-4-3-5-7-16/h3-12H,1-2H3. The van der Waals surface area contributed by atoms with Crippen LogP contribution in [0.5, 0.6) is 5.88 Å². The Morgan fingerprint density at radius 1 is 1.04 bits per heavy atom. The van der Waals surface area contributed by atoms with E-state index < -0.39 is 10.0 Å². The second-order valence-corrected chi connectivity index (χ2v) is 9.12. The van der Waals surface area contributed by atoms with Crippen LogP contribution in [-0.4, -0.2) is 29.5 Å². The number of hydrogen-bond donors (Lipinski definition) is 0. The van der Waals surface area contributed by atoms with Gasteiger partial charge in [0.05, 0.1) is 15.7 Å². The molecule has 8 heteroatoms. The second kappa shape index (κ2) is 7.17. The zero-order valence-corrected chi connectivity index (χ0v) is 18.1. The van der Waals surface area contributed by atoms with Crippen LogP contribution in [0.2, 0.25) is 0 Å². The van der Waals surface area contributed by atoms with E-state index in [4.69, 9.17) is 4.74 Å². The summed E-state index contributed by atoms with van der Waals surface area (Å²) < 4.78 is 33.2. The molecular weight excluding hydrogens is 489 g/mol. The average Bonchev–Trinajstić information content (AvgIpc) is 3.04. The highest BCUT2D eigenvalue weighted by Gasteiger charge is 2.23. The fourth-order valence-corrected chi connectivity index (χ4v) is 5.77. The van der Waals surface area contributed by atoms with Gasteiger partial charge in [0.25, 0.3) is 10.0 Å². The lowest BCUT2D eigenvalue weighted by Crippen LogP contribution is -2.14. The Bertz CT molecular complexity index is 1290. The lowest BCUT2D eigenvalue weighted by molar-refractivity contribution is 0.397. The monoisotopic (exact) mass is 505 g/mol. The van der Waals surface area contributed by atoms with Gasteiger partial charge < -0.3 is 4.74 Å². The third-order valence-electron chi connectivity index (χ3n) is 4.44. The van der Waals surface area contributed by atoms with Crippen molar-refractivity contribution in [2.45, 2.75) is 11.8 Å². The van der Waals surface area contributed by atoms with Crippen molar-refractivity contribution in [2.75, 3.05) is 7.11 Å². The number of ether oxygens (including phenoxy) is 1. The number of hydrogen-bond acceptors (Lipinski definition) is 5. The highest BCUT2D eigenvalue weighted by molar-refractivity contribution is 14.1. The van der Waals surface area contributed by atoms with Crippen LogP contribution in [0.3, 0.4) is 0 Å². The molecule has 3 heterocycles. The molecule has 0 saturated carbocycles. The van der Waals surface area contributed by atoms with Crippen LogP contribution in [0.25, 0.3) is 22.2 Å². The van der Waals surface area contributed by atoms with Crippen LogP contribution in [0.15, 0.2) is 65.8 Å². The first-order valence-electron chi connectivity index (χ1n) is 8.40. The lowest BCUT2D eigenvalue weighted by Gasteiger charge is -2.10. The van der Waals surface area contributed by atoms with Crippen LogP contribution < -0.4 is 4.74 Å². The van der Waals surface area contributed by atoms with Crippen molar-refractivity contribution in [3.63, 3.8) is 0 Å². The maximum Gasteiger partial charge on any atom is 0.270 e. The van der Waals surface area contributed by atoms with Crippen LogP contribution in [0, 0.1) is 10.6 Å². The van der Waals surface area contributed by atoms with Gasteiger partial charge in [-0.1, -0.05) is 18.2 Å². The highest BCUT2D eigenvalue weighted by atomic mass is 127. The van der Waals surface area contributed by atoms with Gasteiger partial charge in [0.15, 0.2) is 5.65 Å². The van der Waals surface area contributed by atoms with Gasteiger partial charge in [0.1, 0.15) is 0 Å². The molecule has 1 aromatic carbocycles. The Morgan fingerprint density at radius 2 is 1.79 bits per heavy atom. The summed E-state index contributed by atoms with van der Waals surface area (Å²) in [6.45, 7) is 1.97. The highest BCUT2D eigenvalue weighted by Crippen LogP contribution is 2.30.